The van der Waals surface area contributed by atoms with E-state index in [2.05, 4.69) is 35.5 Å². The van der Waals surface area contributed by atoms with Crippen molar-refractivity contribution in [1.29, 1.82) is 0 Å². The number of anilines is 2. The van der Waals surface area contributed by atoms with Gasteiger partial charge in [0.1, 0.15) is 5.82 Å². The third-order valence-electron chi connectivity index (χ3n) is 4.18. The predicted molar refractivity (Wildman–Crippen MR) is 93.0 cm³/mol. The highest BCUT2D eigenvalue weighted by molar-refractivity contribution is 7.13. The van der Waals surface area contributed by atoms with Gasteiger partial charge in [-0.05, 0) is 19.4 Å². The number of rotatable bonds is 5. The number of H-pyrrole nitrogens is 1. The molecule has 1 aliphatic heterocycles. The Kier molecular flexibility index (Phi) is 4.48. The first-order chi connectivity index (χ1) is 11.9. The molecule has 0 bridgehead atoms. The van der Waals surface area contributed by atoms with Crippen molar-refractivity contribution in [2.45, 2.75) is 31.8 Å². The maximum atomic E-state index is 4.78. The van der Waals surface area contributed by atoms with Crippen molar-refractivity contribution in [1.82, 2.24) is 29.8 Å². The highest BCUT2D eigenvalue weighted by Crippen LogP contribution is 2.33. The molecule has 4 heterocycles. The standard InChI is InChI=1S/C16H19N7S/c1-2-8-23(10-15-19-6-7-20-15)13(3-1)12-11-24-16(21-12)22-14-9-17-4-5-18-14/h4-7,9,11,13H,1-3,8,10H2,(H,19,20)(H,18,21,22)/t13-/m0/s1. The maximum Gasteiger partial charge on any atom is 0.188 e. The molecular weight excluding hydrogens is 322 g/mol. The number of thiazole rings is 1. The second kappa shape index (κ2) is 7.06. The quantitative estimate of drug-likeness (QED) is 0.742. The molecular formula is C16H19N7S. The molecule has 1 saturated heterocycles. The molecule has 0 saturated carbocycles. The molecule has 2 N–H and O–H groups in total. The van der Waals surface area contributed by atoms with E-state index in [1.54, 1.807) is 36.1 Å². The van der Waals surface area contributed by atoms with Crippen molar-refractivity contribution in [2.24, 2.45) is 0 Å². The number of nitrogens with zero attached hydrogens (tertiary/aromatic N) is 5. The molecule has 1 aliphatic rings. The zero-order valence-electron chi connectivity index (χ0n) is 13.2. The fourth-order valence-corrected chi connectivity index (χ4v) is 3.83. The van der Waals surface area contributed by atoms with Crippen LogP contribution in [0.25, 0.3) is 0 Å². The van der Waals surface area contributed by atoms with E-state index in [0.717, 1.165) is 42.0 Å². The van der Waals surface area contributed by atoms with Gasteiger partial charge in [-0.1, -0.05) is 6.42 Å². The fraction of sp³-hybridized carbons (Fsp3) is 0.375. The largest absolute Gasteiger partial charge is 0.348 e. The summed E-state index contributed by atoms with van der Waals surface area (Å²) >= 11 is 1.61. The molecule has 3 aromatic rings. The van der Waals surface area contributed by atoms with Gasteiger partial charge in [0.25, 0.3) is 0 Å². The van der Waals surface area contributed by atoms with Gasteiger partial charge in [-0.25, -0.2) is 15.0 Å². The van der Waals surface area contributed by atoms with E-state index in [9.17, 15) is 0 Å². The number of hydrogen-bond acceptors (Lipinski definition) is 7. The van der Waals surface area contributed by atoms with Gasteiger partial charge in [-0.2, -0.15) is 0 Å². The number of hydrogen-bond donors (Lipinski definition) is 2. The first-order valence-electron chi connectivity index (χ1n) is 8.09. The lowest BCUT2D eigenvalue weighted by atomic mass is 10.00. The van der Waals surface area contributed by atoms with E-state index in [-0.39, 0.29) is 0 Å². The van der Waals surface area contributed by atoms with Crippen molar-refractivity contribution in [3.05, 3.63) is 47.9 Å². The van der Waals surface area contributed by atoms with Crippen LogP contribution in [0.4, 0.5) is 10.9 Å². The van der Waals surface area contributed by atoms with Crippen LogP contribution in [0, 0.1) is 0 Å². The lowest BCUT2D eigenvalue weighted by molar-refractivity contribution is 0.134. The van der Waals surface area contributed by atoms with Gasteiger partial charge in [-0.15, -0.1) is 11.3 Å². The van der Waals surface area contributed by atoms with Crippen LogP contribution in [0.1, 0.15) is 36.8 Å². The van der Waals surface area contributed by atoms with E-state index in [1.165, 1.54) is 12.8 Å². The molecule has 0 radical (unpaired) electrons. The summed E-state index contributed by atoms with van der Waals surface area (Å²) in [5, 5.41) is 6.22. The summed E-state index contributed by atoms with van der Waals surface area (Å²) in [5.41, 5.74) is 1.12. The Morgan fingerprint density at radius 1 is 1.25 bits per heavy atom. The van der Waals surface area contributed by atoms with Gasteiger partial charge >= 0.3 is 0 Å². The summed E-state index contributed by atoms with van der Waals surface area (Å²) in [6.45, 7) is 1.91. The summed E-state index contributed by atoms with van der Waals surface area (Å²) in [7, 11) is 0. The molecule has 0 spiro atoms. The smallest absolute Gasteiger partial charge is 0.188 e. The van der Waals surface area contributed by atoms with Crippen molar-refractivity contribution in [3.8, 4) is 0 Å². The van der Waals surface area contributed by atoms with Crippen LogP contribution in [0.3, 0.4) is 0 Å². The average molecular weight is 341 g/mol. The number of nitrogens with one attached hydrogen (secondary N) is 2. The topological polar surface area (TPSA) is 82.6 Å². The van der Waals surface area contributed by atoms with Crippen LogP contribution in [-0.2, 0) is 6.54 Å². The van der Waals surface area contributed by atoms with Gasteiger partial charge < -0.3 is 10.3 Å². The number of piperidine rings is 1. The zero-order chi connectivity index (χ0) is 16.2. The SMILES string of the molecule is c1cnc(Nc2nc([C@@H]3CCCCN3Cc3ncc[nH]3)cs2)cn1. The van der Waals surface area contributed by atoms with Crippen molar-refractivity contribution in [2.75, 3.05) is 11.9 Å². The Hall–Kier alpha value is -2.32. The van der Waals surface area contributed by atoms with Crippen LogP contribution in [-0.4, -0.2) is 36.4 Å². The zero-order valence-corrected chi connectivity index (χ0v) is 14.0. The molecule has 4 rings (SSSR count). The highest BCUT2D eigenvalue weighted by atomic mass is 32.1. The second-order valence-electron chi connectivity index (χ2n) is 5.81. The van der Waals surface area contributed by atoms with E-state index in [1.807, 2.05) is 6.20 Å². The first kappa shape index (κ1) is 15.2. The summed E-state index contributed by atoms with van der Waals surface area (Å²) in [6.07, 6.45) is 12.3. The van der Waals surface area contributed by atoms with Gasteiger partial charge in [0.05, 0.1) is 24.5 Å². The molecule has 0 unspecified atom stereocenters. The van der Waals surface area contributed by atoms with Crippen molar-refractivity contribution >= 4 is 22.3 Å². The molecule has 124 valence electrons. The Labute approximate surface area is 144 Å². The van der Waals surface area contributed by atoms with Crippen LogP contribution in [0.15, 0.2) is 36.4 Å². The summed E-state index contributed by atoms with van der Waals surface area (Å²) < 4.78 is 0. The molecule has 0 aromatic carbocycles. The minimum absolute atomic E-state index is 0.345. The van der Waals surface area contributed by atoms with Gasteiger partial charge in [0.2, 0.25) is 0 Å². The van der Waals surface area contributed by atoms with Crippen LogP contribution >= 0.6 is 11.3 Å². The lowest BCUT2D eigenvalue weighted by Crippen LogP contribution is -2.33. The van der Waals surface area contributed by atoms with E-state index >= 15 is 0 Å². The molecule has 0 aliphatic carbocycles. The first-order valence-corrected chi connectivity index (χ1v) is 8.97. The highest BCUT2D eigenvalue weighted by Gasteiger charge is 2.26. The number of imidazole rings is 1. The molecule has 7 nitrogen and oxygen atoms in total. The Morgan fingerprint density at radius 2 is 2.25 bits per heavy atom. The lowest BCUT2D eigenvalue weighted by Gasteiger charge is -2.34. The second-order valence-corrected chi connectivity index (χ2v) is 6.67. The Balaban J connectivity index is 1.49. The monoisotopic (exact) mass is 341 g/mol. The number of likely N-dealkylation sites (tertiary alicyclic amines) is 1. The fourth-order valence-electron chi connectivity index (χ4n) is 3.06. The summed E-state index contributed by atoms with van der Waals surface area (Å²) in [6, 6.07) is 0.345. The molecule has 0 amide bonds. The third kappa shape index (κ3) is 3.44. The molecule has 1 fully saturated rings. The number of aromatic nitrogens is 5. The van der Waals surface area contributed by atoms with Gasteiger partial charge in [0.15, 0.2) is 10.9 Å². The molecule has 3 aromatic heterocycles. The average Bonchev–Trinajstić information content (AvgIpc) is 3.29. The van der Waals surface area contributed by atoms with Crippen LogP contribution < -0.4 is 5.32 Å². The maximum absolute atomic E-state index is 4.78. The molecule has 1 atom stereocenters. The summed E-state index contributed by atoms with van der Waals surface area (Å²) in [5.74, 6) is 1.73. The van der Waals surface area contributed by atoms with E-state index in [4.69, 9.17) is 4.98 Å². The number of aromatic amines is 1. The van der Waals surface area contributed by atoms with Gasteiger partial charge in [-0.3, -0.25) is 9.88 Å². The van der Waals surface area contributed by atoms with E-state index < -0.39 is 0 Å². The molecule has 24 heavy (non-hydrogen) atoms. The predicted octanol–water partition coefficient (Wildman–Crippen LogP) is 3.13. The third-order valence-corrected chi connectivity index (χ3v) is 4.96. The normalized spacial score (nSPS) is 18.6. The Morgan fingerprint density at radius 3 is 3.08 bits per heavy atom. The molecule has 8 heteroatoms. The Bertz CT molecular complexity index is 756. The minimum atomic E-state index is 0.345. The van der Waals surface area contributed by atoms with Crippen molar-refractivity contribution in [3.63, 3.8) is 0 Å². The minimum Gasteiger partial charge on any atom is -0.348 e. The van der Waals surface area contributed by atoms with Crippen LogP contribution in [0.2, 0.25) is 0 Å². The van der Waals surface area contributed by atoms with E-state index in [0.29, 0.717) is 6.04 Å². The van der Waals surface area contributed by atoms with Crippen LogP contribution in [0.5, 0.6) is 0 Å². The van der Waals surface area contributed by atoms with Crippen molar-refractivity contribution < 1.29 is 0 Å². The van der Waals surface area contributed by atoms with Gasteiger partial charge in [0, 0.05) is 30.2 Å². The summed E-state index contributed by atoms with van der Waals surface area (Å²) in [4.78, 5) is 23.1.